The van der Waals surface area contributed by atoms with Crippen LogP contribution in [0.15, 0.2) is 59.5 Å². The lowest BCUT2D eigenvalue weighted by Crippen LogP contribution is -1.85. The van der Waals surface area contributed by atoms with E-state index in [-0.39, 0.29) is 18.3 Å². The van der Waals surface area contributed by atoms with Crippen LogP contribution in [0.5, 0.6) is 0 Å². The molecule has 0 radical (unpaired) electrons. The maximum absolute atomic E-state index is 10.9. The highest BCUT2D eigenvalue weighted by Gasteiger charge is 1.99. The van der Waals surface area contributed by atoms with E-state index in [1.54, 1.807) is 6.92 Å². The first kappa shape index (κ1) is 16.4. The number of carbonyl (C=O) groups excluding carboxylic acids is 1. The van der Waals surface area contributed by atoms with Gasteiger partial charge in [-0.05, 0) is 23.3 Å². The van der Waals surface area contributed by atoms with E-state index in [0.29, 0.717) is 0 Å². The van der Waals surface area contributed by atoms with Crippen molar-refractivity contribution >= 4 is 16.9 Å². The van der Waals surface area contributed by atoms with E-state index in [9.17, 15) is 4.79 Å². The van der Waals surface area contributed by atoms with E-state index in [1.165, 1.54) is 22.9 Å². The molecule has 0 spiro atoms. The van der Waals surface area contributed by atoms with E-state index in [2.05, 4.69) is 12.1 Å². The number of hydrogen-bond acceptors (Lipinski definition) is 4. The molecular weight excluding hydrogens is 272 g/mol. The van der Waals surface area contributed by atoms with Gasteiger partial charge in [-0.1, -0.05) is 54.2 Å². The van der Waals surface area contributed by atoms with Gasteiger partial charge >= 0.3 is 0 Å². The van der Waals surface area contributed by atoms with Crippen molar-refractivity contribution in [1.29, 1.82) is 0 Å². The van der Waals surface area contributed by atoms with Gasteiger partial charge in [-0.15, -0.1) is 0 Å². The maximum Gasteiger partial charge on any atom is 0.190 e. The number of benzene rings is 2. The molecule has 0 aliphatic rings. The number of rotatable bonds is 3. The van der Waals surface area contributed by atoms with Crippen LogP contribution in [0.2, 0.25) is 0 Å². The van der Waals surface area contributed by atoms with Crippen LogP contribution in [0.4, 0.5) is 0 Å². The molecule has 20 heavy (non-hydrogen) atoms. The summed E-state index contributed by atoms with van der Waals surface area (Å²) in [5, 5.41) is 15.4. The highest BCUT2D eigenvalue weighted by molar-refractivity contribution is 8.13. The van der Waals surface area contributed by atoms with Crippen molar-refractivity contribution in [3.05, 3.63) is 54.6 Å². The molecule has 106 valence electrons. The molecule has 0 unspecified atom stereocenters. The second-order valence-corrected chi connectivity index (χ2v) is 5.18. The van der Waals surface area contributed by atoms with Gasteiger partial charge in [0.2, 0.25) is 0 Å². The van der Waals surface area contributed by atoms with E-state index in [0.717, 1.165) is 4.90 Å². The summed E-state index contributed by atoms with van der Waals surface area (Å²) >= 11 is 1.26. The number of aliphatic hydroxyl groups is 2. The fraction of sp³-hybridized carbons (Fsp3) is 0.188. The summed E-state index contributed by atoms with van der Waals surface area (Å²) in [6.45, 7) is 1.33. The zero-order valence-corrected chi connectivity index (χ0v) is 12.1. The van der Waals surface area contributed by atoms with Crippen LogP contribution in [0.25, 0.3) is 11.1 Å². The average Bonchev–Trinajstić information content (AvgIpc) is 2.48. The molecule has 0 aliphatic heterocycles. The van der Waals surface area contributed by atoms with Crippen LogP contribution in [0.1, 0.15) is 6.92 Å². The third-order valence-corrected chi connectivity index (χ3v) is 3.12. The molecule has 0 fully saturated rings. The number of thioether (sulfide) groups is 1. The summed E-state index contributed by atoms with van der Waals surface area (Å²) in [6.07, 6.45) is 0. The van der Waals surface area contributed by atoms with Crippen LogP contribution in [0, 0.1) is 0 Å². The van der Waals surface area contributed by atoms with Gasteiger partial charge in [0, 0.05) is 11.8 Å². The zero-order valence-electron chi connectivity index (χ0n) is 11.3. The summed E-state index contributed by atoms with van der Waals surface area (Å²) in [7, 11) is 0. The summed E-state index contributed by atoms with van der Waals surface area (Å²) in [5.41, 5.74) is 2.37. The molecule has 0 heterocycles. The second-order valence-electron chi connectivity index (χ2n) is 3.93. The minimum Gasteiger partial charge on any atom is -0.394 e. The topological polar surface area (TPSA) is 57.5 Å². The highest BCUT2D eigenvalue weighted by atomic mass is 32.2. The van der Waals surface area contributed by atoms with Gasteiger partial charge in [-0.2, -0.15) is 0 Å². The Balaban J connectivity index is 0.000000444. The van der Waals surface area contributed by atoms with E-state index >= 15 is 0 Å². The van der Waals surface area contributed by atoms with Crippen LogP contribution >= 0.6 is 11.8 Å². The van der Waals surface area contributed by atoms with Crippen molar-refractivity contribution < 1.29 is 15.0 Å². The summed E-state index contributed by atoms with van der Waals surface area (Å²) in [4.78, 5) is 11.9. The molecule has 0 atom stereocenters. The van der Waals surface area contributed by atoms with Crippen molar-refractivity contribution in [3.8, 4) is 11.1 Å². The molecule has 0 saturated carbocycles. The maximum atomic E-state index is 10.9. The Morgan fingerprint density at radius 1 is 0.900 bits per heavy atom. The van der Waals surface area contributed by atoms with Gasteiger partial charge in [0.1, 0.15) is 0 Å². The van der Waals surface area contributed by atoms with Gasteiger partial charge in [0.15, 0.2) is 5.12 Å². The molecule has 0 bridgehead atoms. The first-order chi connectivity index (χ1) is 9.67. The Kier molecular flexibility index (Phi) is 7.65. The Morgan fingerprint density at radius 2 is 1.40 bits per heavy atom. The van der Waals surface area contributed by atoms with Gasteiger partial charge in [-0.3, -0.25) is 4.79 Å². The Hall–Kier alpha value is -1.62. The monoisotopic (exact) mass is 290 g/mol. The van der Waals surface area contributed by atoms with E-state index < -0.39 is 0 Å². The fourth-order valence-electron chi connectivity index (χ4n) is 1.51. The minimum absolute atomic E-state index is 0.118. The lowest BCUT2D eigenvalue weighted by atomic mass is 10.1. The molecule has 2 rings (SSSR count). The first-order valence-electron chi connectivity index (χ1n) is 6.23. The number of carbonyl (C=O) groups is 1. The van der Waals surface area contributed by atoms with Gasteiger partial charge in [-0.25, -0.2) is 0 Å². The standard InChI is InChI=1S/C14H12OS.C2H6O2/c1-11(15)16-14-9-7-13(8-10-14)12-5-3-2-4-6-12;3-1-2-4/h2-10H,1H3;3-4H,1-2H2. The molecular formula is C16H18O3S. The SMILES string of the molecule is CC(=O)Sc1ccc(-c2ccccc2)cc1.OCCO. The van der Waals surface area contributed by atoms with Gasteiger partial charge in [0.25, 0.3) is 0 Å². The van der Waals surface area contributed by atoms with Crippen molar-refractivity contribution in [3.63, 3.8) is 0 Å². The minimum atomic E-state index is -0.125. The highest BCUT2D eigenvalue weighted by Crippen LogP contribution is 2.24. The van der Waals surface area contributed by atoms with Crippen LogP contribution in [-0.4, -0.2) is 28.5 Å². The Morgan fingerprint density at radius 3 is 1.85 bits per heavy atom. The smallest absolute Gasteiger partial charge is 0.190 e. The lowest BCUT2D eigenvalue weighted by Gasteiger charge is -2.02. The van der Waals surface area contributed by atoms with Crippen molar-refractivity contribution in [2.24, 2.45) is 0 Å². The molecule has 2 aromatic carbocycles. The predicted octanol–water partition coefficient (Wildman–Crippen LogP) is 2.96. The molecule has 2 aromatic rings. The molecule has 4 heteroatoms. The van der Waals surface area contributed by atoms with Gasteiger partial charge in [0.05, 0.1) is 13.2 Å². The number of aliphatic hydroxyl groups excluding tert-OH is 2. The molecule has 3 nitrogen and oxygen atoms in total. The average molecular weight is 290 g/mol. The molecule has 0 saturated heterocycles. The summed E-state index contributed by atoms with van der Waals surface area (Å²) in [6, 6.07) is 18.2. The number of hydrogen-bond donors (Lipinski definition) is 2. The molecule has 2 N–H and O–H groups in total. The zero-order chi connectivity index (χ0) is 14.8. The Labute approximate surface area is 123 Å². The normalized spacial score (nSPS) is 9.55. The lowest BCUT2D eigenvalue weighted by molar-refractivity contribution is -0.109. The third kappa shape index (κ3) is 6.02. The molecule has 0 aliphatic carbocycles. The van der Waals surface area contributed by atoms with Crippen LogP contribution < -0.4 is 0 Å². The second kappa shape index (κ2) is 9.31. The van der Waals surface area contributed by atoms with Crippen LogP contribution in [-0.2, 0) is 4.79 Å². The summed E-state index contributed by atoms with van der Waals surface area (Å²) < 4.78 is 0. The van der Waals surface area contributed by atoms with E-state index in [4.69, 9.17) is 10.2 Å². The van der Waals surface area contributed by atoms with E-state index in [1.807, 2.05) is 42.5 Å². The van der Waals surface area contributed by atoms with Crippen LogP contribution in [0.3, 0.4) is 0 Å². The third-order valence-electron chi connectivity index (χ3n) is 2.32. The van der Waals surface area contributed by atoms with Crippen molar-refractivity contribution in [1.82, 2.24) is 0 Å². The largest absolute Gasteiger partial charge is 0.394 e. The van der Waals surface area contributed by atoms with Crippen molar-refractivity contribution in [2.75, 3.05) is 13.2 Å². The summed E-state index contributed by atoms with van der Waals surface area (Å²) in [5.74, 6) is 0. The Bertz CT molecular complexity index is 507. The fourth-order valence-corrected chi connectivity index (χ4v) is 2.12. The predicted molar refractivity (Wildman–Crippen MR) is 82.6 cm³/mol. The first-order valence-corrected chi connectivity index (χ1v) is 7.04. The molecule has 0 aromatic heterocycles. The quantitative estimate of drug-likeness (QED) is 0.853. The molecule has 0 amide bonds. The van der Waals surface area contributed by atoms with Crippen molar-refractivity contribution in [2.45, 2.75) is 11.8 Å². The van der Waals surface area contributed by atoms with Gasteiger partial charge < -0.3 is 10.2 Å².